The molecule has 0 spiro atoms. The Labute approximate surface area is 111 Å². The van der Waals surface area contributed by atoms with E-state index in [4.69, 9.17) is 22.1 Å². The maximum atomic E-state index is 11.8. The summed E-state index contributed by atoms with van der Waals surface area (Å²) in [7, 11) is 0. The molecule has 1 amide bonds. The quantitative estimate of drug-likeness (QED) is 0.656. The predicted molar refractivity (Wildman–Crippen MR) is 72.3 cm³/mol. The van der Waals surface area contributed by atoms with Gasteiger partial charge < -0.3 is 15.4 Å². The molecular formula is C13H15ClN2O2. The van der Waals surface area contributed by atoms with Crippen molar-refractivity contribution in [1.82, 2.24) is 4.90 Å². The molecule has 0 bridgehead atoms. The average molecular weight is 267 g/mol. The molecule has 18 heavy (non-hydrogen) atoms. The Morgan fingerprint density at radius 2 is 2.11 bits per heavy atom. The Morgan fingerprint density at radius 3 is 2.78 bits per heavy atom. The van der Waals surface area contributed by atoms with Crippen LogP contribution in [0.1, 0.15) is 5.56 Å². The number of carbonyl (C=O) groups excluding carboxylic acids is 1. The molecule has 0 unspecified atom stereocenters. The van der Waals surface area contributed by atoms with Crippen molar-refractivity contribution in [2.45, 2.75) is 0 Å². The molecule has 4 nitrogen and oxygen atoms in total. The third-order valence-electron chi connectivity index (χ3n) is 2.76. The van der Waals surface area contributed by atoms with Gasteiger partial charge in [0.2, 0.25) is 5.91 Å². The van der Waals surface area contributed by atoms with Crippen molar-refractivity contribution >= 4 is 29.3 Å². The van der Waals surface area contributed by atoms with Gasteiger partial charge in [-0.15, -0.1) is 0 Å². The third kappa shape index (κ3) is 3.24. The zero-order valence-electron chi connectivity index (χ0n) is 9.93. The number of benzene rings is 1. The average Bonchev–Trinajstić information content (AvgIpc) is 2.41. The van der Waals surface area contributed by atoms with Crippen LogP contribution in [-0.4, -0.2) is 37.1 Å². The Hall–Kier alpha value is -1.52. The lowest BCUT2D eigenvalue weighted by atomic mass is 10.2. The number of hydrogen-bond acceptors (Lipinski definition) is 3. The molecular weight excluding hydrogens is 252 g/mol. The monoisotopic (exact) mass is 266 g/mol. The van der Waals surface area contributed by atoms with E-state index < -0.39 is 0 Å². The molecule has 1 fully saturated rings. The molecule has 1 saturated heterocycles. The summed E-state index contributed by atoms with van der Waals surface area (Å²) in [6.07, 6.45) is 3.29. The number of amides is 1. The fourth-order valence-corrected chi connectivity index (χ4v) is 1.84. The molecule has 1 aliphatic heterocycles. The summed E-state index contributed by atoms with van der Waals surface area (Å²) in [5, 5.41) is 0.520. The summed E-state index contributed by atoms with van der Waals surface area (Å²) >= 11 is 5.83. The number of nitrogen functional groups attached to an aromatic ring is 1. The number of ether oxygens (including phenoxy) is 1. The molecule has 2 rings (SSSR count). The van der Waals surface area contributed by atoms with Crippen molar-refractivity contribution in [3.05, 3.63) is 34.9 Å². The van der Waals surface area contributed by atoms with Crippen LogP contribution in [0.5, 0.6) is 0 Å². The number of anilines is 1. The molecule has 96 valence electrons. The minimum Gasteiger partial charge on any atom is -0.398 e. The third-order valence-corrected chi connectivity index (χ3v) is 3.11. The van der Waals surface area contributed by atoms with Crippen LogP contribution in [0.15, 0.2) is 24.3 Å². The summed E-state index contributed by atoms with van der Waals surface area (Å²) < 4.78 is 5.19. The van der Waals surface area contributed by atoms with Crippen LogP contribution in [0.25, 0.3) is 6.08 Å². The standard InChI is InChI=1S/C13H15ClN2O2/c14-11-3-1-10(9-12(11)15)2-4-13(17)16-5-7-18-8-6-16/h1-4,9H,5-8,15H2/b4-2+. The molecule has 1 aliphatic rings. The first kappa shape index (κ1) is 12.9. The first-order chi connectivity index (χ1) is 8.66. The van der Waals surface area contributed by atoms with Gasteiger partial charge in [0.1, 0.15) is 0 Å². The van der Waals surface area contributed by atoms with E-state index in [0.717, 1.165) is 5.56 Å². The number of halogens is 1. The van der Waals surface area contributed by atoms with Gasteiger partial charge in [-0.05, 0) is 23.8 Å². The Balaban J connectivity index is 2.01. The first-order valence-corrected chi connectivity index (χ1v) is 6.14. The highest BCUT2D eigenvalue weighted by Crippen LogP contribution is 2.20. The Morgan fingerprint density at radius 1 is 1.39 bits per heavy atom. The number of morpholine rings is 1. The van der Waals surface area contributed by atoms with Gasteiger partial charge in [-0.25, -0.2) is 0 Å². The van der Waals surface area contributed by atoms with E-state index in [1.54, 1.807) is 29.2 Å². The van der Waals surface area contributed by atoms with Crippen molar-refractivity contribution in [2.24, 2.45) is 0 Å². The molecule has 5 heteroatoms. The summed E-state index contributed by atoms with van der Waals surface area (Å²) in [5.74, 6) is -0.00757. The summed E-state index contributed by atoms with van der Waals surface area (Å²) in [4.78, 5) is 13.6. The van der Waals surface area contributed by atoms with E-state index in [9.17, 15) is 4.79 Å². The van der Waals surface area contributed by atoms with E-state index in [2.05, 4.69) is 0 Å². The van der Waals surface area contributed by atoms with Gasteiger partial charge in [-0.3, -0.25) is 4.79 Å². The smallest absolute Gasteiger partial charge is 0.246 e. The largest absolute Gasteiger partial charge is 0.398 e. The van der Waals surface area contributed by atoms with Gasteiger partial charge in [-0.1, -0.05) is 17.7 Å². The highest BCUT2D eigenvalue weighted by molar-refractivity contribution is 6.33. The summed E-state index contributed by atoms with van der Waals surface area (Å²) in [5.41, 5.74) is 7.06. The van der Waals surface area contributed by atoms with Gasteiger partial charge in [0, 0.05) is 19.2 Å². The van der Waals surface area contributed by atoms with Crippen LogP contribution in [0.3, 0.4) is 0 Å². The van der Waals surface area contributed by atoms with Gasteiger partial charge >= 0.3 is 0 Å². The van der Waals surface area contributed by atoms with E-state index in [1.165, 1.54) is 0 Å². The second kappa shape index (κ2) is 5.89. The van der Waals surface area contributed by atoms with Crippen LogP contribution in [-0.2, 0) is 9.53 Å². The first-order valence-electron chi connectivity index (χ1n) is 5.76. The van der Waals surface area contributed by atoms with Crippen molar-refractivity contribution in [3.63, 3.8) is 0 Å². The normalized spacial score (nSPS) is 16.2. The Kier molecular flexibility index (Phi) is 4.23. The van der Waals surface area contributed by atoms with E-state index in [1.807, 2.05) is 6.07 Å². The van der Waals surface area contributed by atoms with Crippen molar-refractivity contribution in [3.8, 4) is 0 Å². The minimum atomic E-state index is -0.00757. The number of rotatable bonds is 2. The number of hydrogen-bond donors (Lipinski definition) is 1. The van der Waals surface area contributed by atoms with Crippen molar-refractivity contribution in [2.75, 3.05) is 32.0 Å². The van der Waals surface area contributed by atoms with Crippen molar-refractivity contribution in [1.29, 1.82) is 0 Å². The zero-order chi connectivity index (χ0) is 13.0. The lowest BCUT2D eigenvalue weighted by Crippen LogP contribution is -2.39. The van der Waals surface area contributed by atoms with Crippen molar-refractivity contribution < 1.29 is 9.53 Å². The Bertz CT molecular complexity index is 468. The SMILES string of the molecule is Nc1cc(/C=C/C(=O)N2CCOCC2)ccc1Cl. The predicted octanol–water partition coefficient (Wildman–Crippen LogP) is 1.79. The van der Waals surface area contributed by atoms with Crippen LogP contribution < -0.4 is 5.73 Å². The summed E-state index contributed by atoms with van der Waals surface area (Å²) in [6, 6.07) is 5.28. The van der Waals surface area contributed by atoms with Gasteiger partial charge in [0.05, 0.1) is 23.9 Å². The second-order valence-electron chi connectivity index (χ2n) is 4.05. The maximum absolute atomic E-state index is 11.8. The lowest BCUT2D eigenvalue weighted by Gasteiger charge is -2.25. The van der Waals surface area contributed by atoms with Gasteiger partial charge in [0.15, 0.2) is 0 Å². The molecule has 0 aromatic heterocycles. The maximum Gasteiger partial charge on any atom is 0.246 e. The van der Waals surface area contributed by atoms with Gasteiger partial charge in [-0.2, -0.15) is 0 Å². The molecule has 0 radical (unpaired) electrons. The number of nitrogens with zero attached hydrogens (tertiary/aromatic N) is 1. The zero-order valence-corrected chi connectivity index (χ0v) is 10.7. The van der Waals surface area contributed by atoms with Crippen LogP contribution in [0.4, 0.5) is 5.69 Å². The second-order valence-corrected chi connectivity index (χ2v) is 4.46. The van der Waals surface area contributed by atoms with E-state index in [-0.39, 0.29) is 5.91 Å². The molecule has 1 aromatic carbocycles. The lowest BCUT2D eigenvalue weighted by molar-refractivity contribution is -0.129. The molecule has 1 heterocycles. The van der Waals surface area contributed by atoms with E-state index >= 15 is 0 Å². The molecule has 0 atom stereocenters. The molecule has 0 aliphatic carbocycles. The topological polar surface area (TPSA) is 55.6 Å². The molecule has 2 N–H and O–H groups in total. The van der Waals surface area contributed by atoms with Gasteiger partial charge in [0.25, 0.3) is 0 Å². The fraction of sp³-hybridized carbons (Fsp3) is 0.308. The molecule has 1 aromatic rings. The highest BCUT2D eigenvalue weighted by Gasteiger charge is 2.13. The van der Waals surface area contributed by atoms with Crippen LogP contribution >= 0.6 is 11.6 Å². The molecule has 0 saturated carbocycles. The van der Waals surface area contributed by atoms with Crippen LogP contribution in [0, 0.1) is 0 Å². The van der Waals surface area contributed by atoms with E-state index in [0.29, 0.717) is 37.0 Å². The highest BCUT2D eigenvalue weighted by atomic mass is 35.5. The van der Waals surface area contributed by atoms with Crippen LogP contribution in [0.2, 0.25) is 5.02 Å². The number of carbonyl (C=O) groups is 1. The fourth-order valence-electron chi connectivity index (χ4n) is 1.72. The minimum absolute atomic E-state index is 0.00757. The number of nitrogens with two attached hydrogens (primary N) is 1. The summed E-state index contributed by atoms with van der Waals surface area (Å²) in [6.45, 7) is 2.50.